The van der Waals surface area contributed by atoms with Gasteiger partial charge in [0.2, 0.25) is 0 Å². The summed E-state index contributed by atoms with van der Waals surface area (Å²) in [6, 6.07) is 6.07. The number of hydrazine groups is 1. The monoisotopic (exact) mass is 272 g/mol. The summed E-state index contributed by atoms with van der Waals surface area (Å²) in [5, 5.41) is 20.1. The van der Waals surface area contributed by atoms with Gasteiger partial charge in [-0.15, -0.1) is 0 Å². The maximum Gasteiger partial charge on any atom is 0.116 e. The van der Waals surface area contributed by atoms with Crippen molar-refractivity contribution < 1.29 is 10.2 Å². The highest BCUT2D eigenvalue weighted by Crippen LogP contribution is 2.46. The van der Waals surface area contributed by atoms with Crippen molar-refractivity contribution in [2.45, 2.75) is 30.9 Å². The number of aromatic hydroxyl groups is 1. The number of hydrogen-bond donors (Lipinski definition) is 4. The van der Waals surface area contributed by atoms with Crippen molar-refractivity contribution in [3.8, 4) is 5.75 Å². The second-order valence-electron chi connectivity index (χ2n) is 6.30. The molecule has 2 aliphatic carbocycles. The molecule has 2 fully saturated rings. The first kappa shape index (κ1) is 12.4. The van der Waals surface area contributed by atoms with Crippen molar-refractivity contribution in [2.24, 2.45) is 11.8 Å². The second kappa shape index (κ2) is 4.58. The third-order valence-corrected chi connectivity index (χ3v) is 5.20. The minimum Gasteiger partial charge on any atom is -0.508 e. The molecule has 1 heterocycles. The van der Waals surface area contributed by atoms with Gasteiger partial charge in [-0.2, -0.15) is 0 Å². The van der Waals surface area contributed by atoms with Crippen molar-refractivity contribution >= 4 is 6.08 Å². The number of rotatable bonds is 0. The number of aliphatic hydroxyl groups is 1. The van der Waals surface area contributed by atoms with E-state index >= 15 is 0 Å². The fraction of sp³-hybridized carbons (Fsp3) is 0.500. The Morgan fingerprint density at radius 3 is 3.00 bits per heavy atom. The first-order valence-electron chi connectivity index (χ1n) is 7.40. The molecule has 0 spiro atoms. The highest BCUT2D eigenvalue weighted by Gasteiger charge is 2.43. The number of benzene rings is 1. The van der Waals surface area contributed by atoms with Crippen LogP contribution in [0.15, 0.2) is 24.3 Å². The number of fused-ring (bicyclic) bond motifs is 4. The van der Waals surface area contributed by atoms with Gasteiger partial charge in [-0.3, -0.25) is 10.9 Å². The summed E-state index contributed by atoms with van der Waals surface area (Å²) in [4.78, 5) is 0. The molecule has 4 nitrogen and oxygen atoms in total. The van der Waals surface area contributed by atoms with Crippen molar-refractivity contribution in [3.63, 3.8) is 0 Å². The molecule has 0 radical (unpaired) electrons. The molecule has 1 aromatic carbocycles. The number of phenolic OH excluding ortho intramolecular Hbond substituents is 1. The van der Waals surface area contributed by atoms with Crippen LogP contribution in [-0.4, -0.2) is 28.9 Å². The summed E-state index contributed by atoms with van der Waals surface area (Å²) < 4.78 is 0. The van der Waals surface area contributed by atoms with Crippen LogP contribution in [0.25, 0.3) is 6.08 Å². The van der Waals surface area contributed by atoms with Gasteiger partial charge in [0, 0.05) is 12.6 Å². The van der Waals surface area contributed by atoms with Gasteiger partial charge in [-0.1, -0.05) is 18.2 Å². The first-order valence-corrected chi connectivity index (χ1v) is 7.40. The third-order valence-electron chi connectivity index (χ3n) is 5.20. The van der Waals surface area contributed by atoms with Crippen LogP contribution in [0.3, 0.4) is 0 Å². The van der Waals surface area contributed by atoms with Crippen LogP contribution in [0, 0.1) is 11.8 Å². The molecule has 4 rings (SSSR count). The van der Waals surface area contributed by atoms with Gasteiger partial charge < -0.3 is 10.2 Å². The van der Waals surface area contributed by atoms with Crippen LogP contribution in [0.4, 0.5) is 0 Å². The standard InChI is InChI=1S/C16H20N2O2/c19-11-2-3-12-9(5-11)1-4-16(20)14-7-15-10(6-13(12)14)8-17-18-15/h1-5,10,13-20H,6-8H2. The quantitative estimate of drug-likeness (QED) is 0.576. The lowest BCUT2D eigenvalue weighted by Gasteiger charge is -2.39. The lowest BCUT2D eigenvalue weighted by Crippen LogP contribution is -2.42. The van der Waals surface area contributed by atoms with Crippen LogP contribution in [0.5, 0.6) is 5.75 Å². The molecule has 0 bridgehead atoms. The summed E-state index contributed by atoms with van der Waals surface area (Å²) >= 11 is 0. The molecular formula is C16H20N2O2. The first-order chi connectivity index (χ1) is 9.72. The molecule has 1 aliphatic heterocycles. The van der Waals surface area contributed by atoms with Gasteiger partial charge in [-0.05, 0) is 53.9 Å². The molecule has 1 aromatic rings. The van der Waals surface area contributed by atoms with Crippen LogP contribution in [0.1, 0.15) is 29.9 Å². The molecule has 106 valence electrons. The molecule has 4 heteroatoms. The Morgan fingerprint density at radius 2 is 2.10 bits per heavy atom. The summed E-state index contributed by atoms with van der Waals surface area (Å²) in [5.74, 6) is 1.55. The highest BCUT2D eigenvalue weighted by molar-refractivity contribution is 5.59. The van der Waals surface area contributed by atoms with Gasteiger partial charge in [-0.25, -0.2) is 0 Å². The van der Waals surface area contributed by atoms with E-state index in [0.29, 0.717) is 23.6 Å². The Labute approximate surface area is 118 Å². The lowest BCUT2D eigenvalue weighted by atomic mass is 9.67. The molecule has 0 aromatic heterocycles. The molecule has 3 aliphatic rings. The lowest BCUT2D eigenvalue weighted by molar-refractivity contribution is 0.0873. The van der Waals surface area contributed by atoms with Gasteiger partial charge in [0.25, 0.3) is 0 Å². The molecule has 1 saturated carbocycles. The minimum atomic E-state index is -0.405. The average Bonchev–Trinajstić information content (AvgIpc) is 2.86. The third kappa shape index (κ3) is 1.87. The maximum atomic E-state index is 10.4. The Bertz CT molecular complexity index is 557. The molecule has 4 N–H and O–H groups in total. The van der Waals surface area contributed by atoms with E-state index in [0.717, 1.165) is 24.9 Å². The summed E-state index contributed by atoms with van der Waals surface area (Å²) in [5.41, 5.74) is 8.91. The van der Waals surface area contributed by atoms with Gasteiger partial charge in [0.15, 0.2) is 0 Å². The van der Waals surface area contributed by atoms with Crippen LogP contribution in [0.2, 0.25) is 0 Å². The topological polar surface area (TPSA) is 64.5 Å². The maximum absolute atomic E-state index is 10.4. The molecule has 5 unspecified atom stereocenters. The van der Waals surface area contributed by atoms with Crippen molar-refractivity contribution in [1.29, 1.82) is 0 Å². The van der Waals surface area contributed by atoms with Crippen molar-refractivity contribution in [3.05, 3.63) is 35.4 Å². The smallest absolute Gasteiger partial charge is 0.116 e. The van der Waals surface area contributed by atoms with E-state index < -0.39 is 6.10 Å². The molecule has 0 amide bonds. The number of phenols is 1. The van der Waals surface area contributed by atoms with E-state index in [1.807, 2.05) is 18.2 Å². The van der Waals surface area contributed by atoms with Gasteiger partial charge in [0.05, 0.1) is 6.10 Å². The van der Waals surface area contributed by atoms with Crippen molar-refractivity contribution in [2.75, 3.05) is 6.54 Å². The van der Waals surface area contributed by atoms with Crippen LogP contribution >= 0.6 is 0 Å². The SMILES string of the molecule is Oc1ccc2c(c1)C=CC(O)C1CC3NNCC3CC21. The Morgan fingerprint density at radius 1 is 1.20 bits per heavy atom. The van der Waals surface area contributed by atoms with E-state index in [9.17, 15) is 10.2 Å². The number of aliphatic hydroxyl groups excluding tert-OH is 1. The predicted octanol–water partition coefficient (Wildman–Crippen LogP) is 1.37. The van der Waals surface area contributed by atoms with Crippen LogP contribution in [-0.2, 0) is 0 Å². The molecular weight excluding hydrogens is 252 g/mol. The van der Waals surface area contributed by atoms with E-state index in [2.05, 4.69) is 10.9 Å². The Balaban J connectivity index is 1.76. The Kier molecular flexibility index (Phi) is 2.84. The van der Waals surface area contributed by atoms with E-state index in [4.69, 9.17) is 0 Å². The number of nitrogens with one attached hydrogen (secondary N) is 2. The predicted molar refractivity (Wildman–Crippen MR) is 77.0 cm³/mol. The highest BCUT2D eigenvalue weighted by atomic mass is 16.3. The molecule has 20 heavy (non-hydrogen) atoms. The minimum absolute atomic E-state index is 0.255. The zero-order valence-corrected chi connectivity index (χ0v) is 11.3. The summed E-state index contributed by atoms with van der Waals surface area (Å²) in [6.07, 6.45) is 5.52. The summed E-state index contributed by atoms with van der Waals surface area (Å²) in [7, 11) is 0. The van der Waals surface area contributed by atoms with E-state index in [1.165, 1.54) is 5.56 Å². The second-order valence-corrected chi connectivity index (χ2v) is 6.30. The number of hydrogen-bond acceptors (Lipinski definition) is 4. The molecule has 5 atom stereocenters. The summed E-state index contributed by atoms with van der Waals surface area (Å²) in [6.45, 7) is 1.00. The normalized spacial score (nSPS) is 38.8. The van der Waals surface area contributed by atoms with E-state index in [-0.39, 0.29) is 5.92 Å². The van der Waals surface area contributed by atoms with E-state index in [1.54, 1.807) is 12.1 Å². The average molecular weight is 272 g/mol. The fourth-order valence-corrected chi connectivity index (χ4v) is 4.16. The largest absolute Gasteiger partial charge is 0.508 e. The van der Waals surface area contributed by atoms with Gasteiger partial charge in [0.1, 0.15) is 5.75 Å². The zero-order chi connectivity index (χ0) is 13.7. The Hall–Kier alpha value is -1.36. The van der Waals surface area contributed by atoms with Crippen LogP contribution < -0.4 is 10.9 Å². The molecule has 1 saturated heterocycles. The zero-order valence-electron chi connectivity index (χ0n) is 11.3. The van der Waals surface area contributed by atoms with Crippen molar-refractivity contribution in [1.82, 2.24) is 10.9 Å². The fourth-order valence-electron chi connectivity index (χ4n) is 4.16. The van der Waals surface area contributed by atoms with Gasteiger partial charge >= 0.3 is 0 Å².